The van der Waals surface area contributed by atoms with Crippen LogP contribution in [0.25, 0.3) is 11.4 Å². The van der Waals surface area contributed by atoms with Crippen LogP contribution in [0.2, 0.25) is 0 Å². The molecule has 2 aromatic rings. The van der Waals surface area contributed by atoms with Crippen molar-refractivity contribution in [3.05, 3.63) is 54.4 Å². The SMILES string of the molecule is CCCC=CCOc1cnc(-c2ccc(C34CCC(CCCCC)(CC3)CC4)cc2)nc1. The zero-order valence-electron chi connectivity index (χ0n) is 20.1. The van der Waals surface area contributed by atoms with Crippen molar-refractivity contribution in [3.8, 4) is 17.1 Å². The van der Waals surface area contributed by atoms with Gasteiger partial charge in [-0.25, -0.2) is 9.97 Å². The summed E-state index contributed by atoms with van der Waals surface area (Å²) in [6, 6.07) is 9.12. The van der Waals surface area contributed by atoms with Gasteiger partial charge in [0.1, 0.15) is 6.61 Å². The highest BCUT2D eigenvalue weighted by Crippen LogP contribution is 2.59. The molecule has 0 saturated heterocycles. The number of nitrogens with zero attached hydrogens (tertiary/aromatic N) is 2. The third-order valence-electron chi connectivity index (χ3n) is 8.06. The van der Waals surface area contributed by atoms with Crippen LogP contribution in [-0.4, -0.2) is 16.6 Å². The summed E-state index contributed by atoms with van der Waals surface area (Å²) >= 11 is 0. The van der Waals surface area contributed by atoms with E-state index in [0.29, 0.717) is 17.4 Å². The van der Waals surface area contributed by atoms with E-state index in [-0.39, 0.29) is 0 Å². The minimum atomic E-state index is 0.412. The Bertz CT molecular complexity index is 845. The van der Waals surface area contributed by atoms with Gasteiger partial charge in [-0.05, 0) is 67.8 Å². The summed E-state index contributed by atoms with van der Waals surface area (Å²) in [5, 5.41) is 0. The minimum absolute atomic E-state index is 0.412. The van der Waals surface area contributed by atoms with E-state index in [1.807, 2.05) is 0 Å². The van der Waals surface area contributed by atoms with Gasteiger partial charge in [0.2, 0.25) is 0 Å². The molecule has 0 atom stereocenters. The van der Waals surface area contributed by atoms with Crippen LogP contribution in [0.1, 0.15) is 96.5 Å². The lowest BCUT2D eigenvalue weighted by atomic mass is 9.51. The van der Waals surface area contributed by atoms with Gasteiger partial charge in [-0.3, -0.25) is 0 Å². The number of hydrogen-bond donors (Lipinski definition) is 0. The standard InChI is InChI=1S/C29H40N2O/c1-3-5-7-9-21-32-26-22-30-27(31-23-26)24-10-12-25(13-11-24)29-18-15-28(16-19-29,17-20-29)14-8-6-4-2/h7,9-13,22-23H,3-6,8,14-21H2,1-2H3. The summed E-state index contributed by atoms with van der Waals surface area (Å²) in [4.78, 5) is 9.07. The number of rotatable bonds is 11. The fourth-order valence-electron chi connectivity index (χ4n) is 5.83. The molecule has 5 rings (SSSR count). The van der Waals surface area contributed by atoms with Gasteiger partial charge in [-0.15, -0.1) is 0 Å². The van der Waals surface area contributed by atoms with Crippen LogP contribution in [-0.2, 0) is 5.41 Å². The summed E-state index contributed by atoms with van der Waals surface area (Å²) in [6.07, 6.45) is 24.0. The molecule has 3 saturated carbocycles. The monoisotopic (exact) mass is 432 g/mol. The molecule has 1 heterocycles. The Morgan fingerprint density at radius 2 is 1.53 bits per heavy atom. The van der Waals surface area contributed by atoms with Gasteiger partial charge in [0.15, 0.2) is 11.6 Å². The van der Waals surface area contributed by atoms with Crippen molar-refractivity contribution in [1.29, 1.82) is 0 Å². The van der Waals surface area contributed by atoms with Gasteiger partial charge in [-0.2, -0.15) is 0 Å². The second kappa shape index (κ2) is 10.6. The average Bonchev–Trinajstić information content (AvgIpc) is 2.86. The first kappa shape index (κ1) is 23.0. The van der Waals surface area contributed by atoms with Crippen molar-refractivity contribution in [3.63, 3.8) is 0 Å². The molecular formula is C29H40N2O. The van der Waals surface area contributed by atoms with Crippen molar-refractivity contribution in [2.45, 2.75) is 96.3 Å². The van der Waals surface area contributed by atoms with Crippen LogP contribution in [0, 0.1) is 5.41 Å². The Hall–Kier alpha value is -2.16. The zero-order chi connectivity index (χ0) is 22.3. The van der Waals surface area contributed by atoms with E-state index in [1.165, 1.54) is 69.8 Å². The second-order valence-corrected chi connectivity index (χ2v) is 10.1. The van der Waals surface area contributed by atoms with Crippen LogP contribution in [0.3, 0.4) is 0 Å². The fraction of sp³-hybridized carbons (Fsp3) is 0.586. The molecule has 0 radical (unpaired) electrons. The fourth-order valence-corrected chi connectivity index (χ4v) is 5.83. The molecule has 172 valence electrons. The van der Waals surface area contributed by atoms with Gasteiger partial charge in [0, 0.05) is 5.56 Å². The predicted octanol–water partition coefficient (Wildman–Crippen LogP) is 8.05. The molecule has 0 spiro atoms. The molecule has 1 aromatic carbocycles. The van der Waals surface area contributed by atoms with E-state index >= 15 is 0 Å². The van der Waals surface area contributed by atoms with E-state index in [1.54, 1.807) is 12.4 Å². The van der Waals surface area contributed by atoms with Gasteiger partial charge in [0.25, 0.3) is 0 Å². The van der Waals surface area contributed by atoms with Crippen molar-refractivity contribution < 1.29 is 4.74 Å². The Balaban J connectivity index is 1.35. The lowest BCUT2D eigenvalue weighted by Crippen LogP contribution is -2.44. The number of hydrogen-bond acceptors (Lipinski definition) is 3. The van der Waals surface area contributed by atoms with Gasteiger partial charge >= 0.3 is 0 Å². The quantitative estimate of drug-likeness (QED) is 0.266. The lowest BCUT2D eigenvalue weighted by Gasteiger charge is -2.54. The number of allylic oxidation sites excluding steroid dienone is 1. The number of fused-ring (bicyclic) bond motifs is 3. The van der Waals surface area contributed by atoms with E-state index in [4.69, 9.17) is 4.74 Å². The van der Waals surface area contributed by atoms with Crippen molar-refractivity contribution in [2.24, 2.45) is 5.41 Å². The highest BCUT2D eigenvalue weighted by atomic mass is 16.5. The predicted molar refractivity (Wildman–Crippen MR) is 133 cm³/mol. The average molecular weight is 433 g/mol. The van der Waals surface area contributed by atoms with Crippen LogP contribution >= 0.6 is 0 Å². The highest BCUT2D eigenvalue weighted by Gasteiger charge is 2.48. The largest absolute Gasteiger partial charge is 0.486 e. The molecule has 3 fully saturated rings. The summed E-state index contributed by atoms with van der Waals surface area (Å²) < 4.78 is 5.70. The maximum atomic E-state index is 5.70. The van der Waals surface area contributed by atoms with Crippen LogP contribution in [0.5, 0.6) is 5.75 Å². The smallest absolute Gasteiger partial charge is 0.159 e. The van der Waals surface area contributed by atoms with Gasteiger partial charge < -0.3 is 4.74 Å². The topological polar surface area (TPSA) is 35.0 Å². The van der Waals surface area contributed by atoms with Crippen LogP contribution in [0.4, 0.5) is 0 Å². The molecular weight excluding hydrogens is 392 g/mol. The first-order valence-electron chi connectivity index (χ1n) is 12.9. The normalized spacial score (nSPS) is 24.8. The van der Waals surface area contributed by atoms with E-state index < -0.39 is 0 Å². The first-order chi connectivity index (χ1) is 15.7. The van der Waals surface area contributed by atoms with Crippen LogP contribution in [0.15, 0.2) is 48.8 Å². The Morgan fingerprint density at radius 1 is 0.844 bits per heavy atom. The highest BCUT2D eigenvalue weighted by molar-refractivity contribution is 5.56. The Labute approximate surface area is 194 Å². The molecule has 2 bridgehead atoms. The summed E-state index contributed by atoms with van der Waals surface area (Å²) in [5.41, 5.74) is 3.69. The van der Waals surface area contributed by atoms with E-state index in [0.717, 1.165) is 30.0 Å². The molecule has 3 aliphatic rings. The first-order valence-corrected chi connectivity index (χ1v) is 12.9. The van der Waals surface area contributed by atoms with E-state index in [9.17, 15) is 0 Å². The molecule has 1 aromatic heterocycles. The van der Waals surface area contributed by atoms with Crippen molar-refractivity contribution in [2.75, 3.05) is 6.61 Å². The van der Waals surface area contributed by atoms with E-state index in [2.05, 4.69) is 60.2 Å². The Morgan fingerprint density at radius 3 is 2.16 bits per heavy atom. The maximum absolute atomic E-state index is 5.70. The third-order valence-corrected chi connectivity index (χ3v) is 8.06. The summed E-state index contributed by atoms with van der Waals surface area (Å²) in [7, 11) is 0. The van der Waals surface area contributed by atoms with Crippen molar-refractivity contribution in [1.82, 2.24) is 9.97 Å². The molecule has 0 N–H and O–H groups in total. The third kappa shape index (κ3) is 5.24. The van der Waals surface area contributed by atoms with Gasteiger partial charge in [0.05, 0.1) is 12.4 Å². The number of ether oxygens (including phenoxy) is 1. The van der Waals surface area contributed by atoms with Crippen LogP contribution < -0.4 is 4.74 Å². The Kier molecular flexibility index (Phi) is 7.65. The molecule has 3 aliphatic carbocycles. The second-order valence-electron chi connectivity index (χ2n) is 10.1. The number of aromatic nitrogens is 2. The molecule has 32 heavy (non-hydrogen) atoms. The minimum Gasteiger partial charge on any atom is -0.486 e. The zero-order valence-corrected chi connectivity index (χ0v) is 20.1. The number of benzene rings is 1. The van der Waals surface area contributed by atoms with Crippen molar-refractivity contribution >= 4 is 0 Å². The molecule has 3 nitrogen and oxygen atoms in total. The number of unbranched alkanes of at least 4 members (excludes halogenated alkanes) is 3. The maximum Gasteiger partial charge on any atom is 0.159 e. The summed E-state index contributed by atoms with van der Waals surface area (Å²) in [6.45, 7) is 5.06. The molecule has 0 amide bonds. The molecule has 0 unspecified atom stereocenters. The lowest BCUT2D eigenvalue weighted by molar-refractivity contribution is 0.0305. The van der Waals surface area contributed by atoms with Gasteiger partial charge in [-0.1, -0.05) is 75.9 Å². The summed E-state index contributed by atoms with van der Waals surface area (Å²) in [5.74, 6) is 1.49. The molecule has 0 aliphatic heterocycles. The molecule has 3 heteroatoms.